The van der Waals surface area contributed by atoms with Gasteiger partial charge < -0.3 is 5.73 Å². The molecule has 0 aliphatic rings. The Balaban J connectivity index is 2.57. The molecule has 0 amide bonds. The molecule has 1 aromatic heterocycles. The zero-order valence-electron chi connectivity index (χ0n) is 10.9. The van der Waals surface area contributed by atoms with Gasteiger partial charge in [-0.15, -0.1) is 0 Å². The van der Waals surface area contributed by atoms with E-state index < -0.39 is 0 Å². The number of aromatic nitrogens is 2. The lowest BCUT2D eigenvalue weighted by Crippen LogP contribution is -2.04. The van der Waals surface area contributed by atoms with Gasteiger partial charge >= 0.3 is 0 Å². The Bertz CT molecular complexity index is 553. The van der Waals surface area contributed by atoms with E-state index in [9.17, 15) is 0 Å². The van der Waals surface area contributed by atoms with Crippen molar-refractivity contribution in [2.75, 3.05) is 0 Å². The third-order valence-electron chi connectivity index (χ3n) is 3.38. The van der Waals surface area contributed by atoms with Gasteiger partial charge in [0, 0.05) is 12.2 Å². The molecule has 0 aliphatic carbocycles. The summed E-state index contributed by atoms with van der Waals surface area (Å²) < 4.78 is 2.01. The highest BCUT2D eigenvalue weighted by molar-refractivity contribution is 5.44. The van der Waals surface area contributed by atoms with Crippen molar-refractivity contribution in [2.24, 2.45) is 5.73 Å². The van der Waals surface area contributed by atoms with Crippen molar-refractivity contribution in [3.8, 4) is 5.69 Å². The van der Waals surface area contributed by atoms with Crippen LogP contribution in [0.3, 0.4) is 0 Å². The molecule has 0 bridgehead atoms. The van der Waals surface area contributed by atoms with Crippen LogP contribution in [0.15, 0.2) is 18.2 Å². The fourth-order valence-corrected chi connectivity index (χ4v) is 2.04. The van der Waals surface area contributed by atoms with E-state index in [1.807, 2.05) is 11.6 Å². The molecule has 0 saturated heterocycles. The predicted molar refractivity (Wildman–Crippen MR) is 70.4 cm³/mol. The molecule has 0 radical (unpaired) electrons. The third-order valence-corrected chi connectivity index (χ3v) is 3.38. The van der Waals surface area contributed by atoms with Crippen LogP contribution < -0.4 is 5.73 Å². The van der Waals surface area contributed by atoms with Crippen LogP contribution in [-0.4, -0.2) is 9.78 Å². The van der Waals surface area contributed by atoms with Crippen LogP contribution >= 0.6 is 0 Å². The van der Waals surface area contributed by atoms with Gasteiger partial charge in [-0.25, -0.2) is 4.68 Å². The Labute approximate surface area is 102 Å². The minimum atomic E-state index is 0.581. The summed E-state index contributed by atoms with van der Waals surface area (Å²) in [5, 5.41) is 4.58. The van der Waals surface area contributed by atoms with Crippen LogP contribution in [0.1, 0.15) is 28.1 Å². The molecule has 3 heteroatoms. The van der Waals surface area contributed by atoms with E-state index in [-0.39, 0.29) is 0 Å². The monoisotopic (exact) mass is 229 g/mol. The van der Waals surface area contributed by atoms with Crippen LogP contribution in [0.4, 0.5) is 0 Å². The molecule has 90 valence electrons. The van der Waals surface area contributed by atoms with Crippen LogP contribution in [0.25, 0.3) is 5.69 Å². The molecule has 2 rings (SSSR count). The van der Waals surface area contributed by atoms with Crippen molar-refractivity contribution in [1.82, 2.24) is 9.78 Å². The van der Waals surface area contributed by atoms with Crippen molar-refractivity contribution >= 4 is 0 Å². The van der Waals surface area contributed by atoms with Gasteiger partial charge in [-0.1, -0.05) is 12.1 Å². The largest absolute Gasteiger partial charge is 0.326 e. The zero-order valence-corrected chi connectivity index (χ0v) is 10.9. The molecular weight excluding hydrogens is 210 g/mol. The van der Waals surface area contributed by atoms with Crippen LogP contribution in [-0.2, 0) is 6.54 Å². The number of benzene rings is 1. The number of aryl methyl sites for hydroxylation is 2. The number of nitrogens with two attached hydrogens (primary N) is 1. The van der Waals surface area contributed by atoms with Gasteiger partial charge in [0.1, 0.15) is 0 Å². The molecule has 3 nitrogen and oxygen atoms in total. The van der Waals surface area contributed by atoms with E-state index in [2.05, 4.69) is 44.1 Å². The lowest BCUT2D eigenvalue weighted by Gasteiger charge is -2.09. The van der Waals surface area contributed by atoms with Crippen LogP contribution in [0, 0.1) is 27.7 Å². The van der Waals surface area contributed by atoms with E-state index in [0.717, 1.165) is 16.9 Å². The summed E-state index contributed by atoms with van der Waals surface area (Å²) in [6, 6.07) is 6.28. The van der Waals surface area contributed by atoms with Crippen molar-refractivity contribution in [2.45, 2.75) is 34.2 Å². The molecule has 0 unspecified atom stereocenters. The smallest absolute Gasteiger partial charge is 0.0678 e. The van der Waals surface area contributed by atoms with Crippen molar-refractivity contribution < 1.29 is 0 Å². The first-order valence-corrected chi connectivity index (χ1v) is 5.87. The molecule has 0 aliphatic heterocycles. The van der Waals surface area contributed by atoms with Gasteiger partial charge in [0.05, 0.1) is 11.4 Å². The Kier molecular flexibility index (Phi) is 3.03. The summed E-state index contributed by atoms with van der Waals surface area (Å²) in [5.74, 6) is 0. The number of rotatable bonds is 2. The Morgan fingerprint density at radius 1 is 1.18 bits per heavy atom. The molecule has 1 heterocycles. The van der Waals surface area contributed by atoms with Crippen molar-refractivity contribution in [3.05, 3.63) is 46.3 Å². The first kappa shape index (κ1) is 11.9. The summed E-state index contributed by atoms with van der Waals surface area (Å²) in [4.78, 5) is 0. The third kappa shape index (κ3) is 1.98. The normalized spacial score (nSPS) is 10.9. The Hall–Kier alpha value is -1.61. The average Bonchev–Trinajstić information content (AvgIpc) is 2.57. The maximum atomic E-state index is 5.64. The quantitative estimate of drug-likeness (QED) is 0.860. The van der Waals surface area contributed by atoms with Gasteiger partial charge in [0.2, 0.25) is 0 Å². The second-order valence-corrected chi connectivity index (χ2v) is 4.53. The fourth-order valence-electron chi connectivity index (χ4n) is 2.04. The molecule has 0 atom stereocenters. The number of hydrogen-bond acceptors (Lipinski definition) is 2. The first-order valence-electron chi connectivity index (χ1n) is 5.87. The standard InChI is InChI=1S/C14H19N3/c1-9-7-13(8-15)5-6-14(9)17-12(4)10(2)11(3)16-17/h5-7H,8,15H2,1-4H3. The second kappa shape index (κ2) is 4.34. The predicted octanol–water partition coefficient (Wildman–Crippen LogP) is 2.56. The summed E-state index contributed by atoms with van der Waals surface area (Å²) in [6.07, 6.45) is 0. The topological polar surface area (TPSA) is 43.8 Å². The molecule has 2 aromatic rings. The molecule has 1 aromatic carbocycles. The van der Waals surface area contributed by atoms with E-state index in [0.29, 0.717) is 6.54 Å². The SMILES string of the molecule is Cc1cc(CN)ccc1-n1nc(C)c(C)c1C. The fraction of sp³-hybridized carbons (Fsp3) is 0.357. The van der Waals surface area contributed by atoms with Gasteiger partial charge in [-0.2, -0.15) is 5.10 Å². The summed E-state index contributed by atoms with van der Waals surface area (Å²) in [6.45, 7) is 8.93. The minimum absolute atomic E-state index is 0.581. The highest BCUT2D eigenvalue weighted by Crippen LogP contribution is 2.20. The van der Waals surface area contributed by atoms with Gasteiger partial charge in [-0.3, -0.25) is 0 Å². The minimum Gasteiger partial charge on any atom is -0.326 e. The number of hydrogen-bond donors (Lipinski definition) is 1. The maximum Gasteiger partial charge on any atom is 0.0678 e. The zero-order chi connectivity index (χ0) is 12.6. The lowest BCUT2D eigenvalue weighted by atomic mass is 10.1. The van der Waals surface area contributed by atoms with Gasteiger partial charge in [0.25, 0.3) is 0 Å². The molecular formula is C14H19N3. The molecule has 0 spiro atoms. The highest BCUT2D eigenvalue weighted by Gasteiger charge is 2.10. The summed E-state index contributed by atoms with van der Waals surface area (Å²) in [7, 11) is 0. The van der Waals surface area contributed by atoms with Crippen molar-refractivity contribution in [3.63, 3.8) is 0 Å². The van der Waals surface area contributed by atoms with Gasteiger partial charge in [-0.05, 0) is 50.5 Å². The van der Waals surface area contributed by atoms with Crippen LogP contribution in [0.5, 0.6) is 0 Å². The Morgan fingerprint density at radius 3 is 2.35 bits per heavy atom. The number of nitrogens with zero attached hydrogens (tertiary/aromatic N) is 2. The molecule has 2 N–H and O–H groups in total. The second-order valence-electron chi connectivity index (χ2n) is 4.53. The van der Waals surface area contributed by atoms with E-state index in [1.165, 1.54) is 16.8 Å². The van der Waals surface area contributed by atoms with E-state index in [1.54, 1.807) is 0 Å². The molecule has 17 heavy (non-hydrogen) atoms. The first-order chi connectivity index (χ1) is 8.04. The van der Waals surface area contributed by atoms with E-state index in [4.69, 9.17) is 5.73 Å². The maximum absolute atomic E-state index is 5.64. The van der Waals surface area contributed by atoms with Crippen molar-refractivity contribution in [1.29, 1.82) is 0 Å². The Morgan fingerprint density at radius 2 is 1.88 bits per heavy atom. The van der Waals surface area contributed by atoms with E-state index >= 15 is 0 Å². The van der Waals surface area contributed by atoms with Crippen LogP contribution in [0.2, 0.25) is 0 Å². The highest BCUT2D eigenvalue weighted by atomic mass is 15.3. The lowest BCUT2D eigenvalue weighted by molar-refractivity contribution is 0.825. The summed E-state index contributed by atoms with van der Waals surface area (Å²) in [5.41, 5.74) is 12.7. The summed E-state index contributed by atoms with van der Waals surface area (Å²) >= 11 is 0. The average molecular weight is 229 g/mol. The molecule has 0 saturated carbocycles. The van der Waals surface area contributed by atoms with Gasteiger partial charge in [0.15, 0.2) is 0 Å². The molecule has 0 fully saturated rings.